The number of benzene rings is 2. The lowest BCUT2D eigenvalue weighted by Crippen LogP contribution is -2.28. The van der Waals surface area contributed by atoms with E-state index < -0.39 is 16.0 Å². The molecule has 6 nitrogen and oxygen atoms in total. The van der Waals surface area contributed by atoms with Crippen LogP contribution in [0.1, 0.15) is 35.7 Å². The molecule has 8 heteroatoms. The summed E-state index contributed by atoms with van der Waals surface area (Å²) in [5, 5.41) is 0. The van der Waals surface area contributed by atoms with E-state index in [1.165, 1.54) is 22.5 Å². The average molecular weight is 481 g/mol. The van der Waals surface area contributed by atoms with Crippen molar-refractivity contribution in [3.05, 3.63) is 58.1 Å². The quantitative estimate of drug-likeness (QED) is 0.559. The van der Waals surface area contributed by atoms with E-state index in [2.05, 4.69) is 20.8 Å². The number of sulfonamides is 1. The Bertz CT molecular complexity index is 988. The van der Waals surface area contributed by atoms with Crippen LogP contribution in [0.4, 0.5) is 5.69 Å². The van der Waals surface area contributed by atoms with E-state index in [9.17, 15) is 13.2 Å². The number of anilines is 1. The first-order chi connectivity index (χ1) is 13.8. The summed E-state index contributed by atoms with van der Waals surface area (Å²) in [7, 11) is -2.18. The lowest BCUT2D eigenvalue weighted by Gasteiger charge is -2.24. The van der Waals surface area contributed by atoms with Gasteiger partial charge in [-0.25, -0.2) is 13.2 Å². The molecule has 0 aliphatic carbocycles. The molecular weight excluding hydrogens is 456 g/mol. The van der Waals surface area contributed by atoms with Gasteiger partial charge in [0.25, 0.3) is 0 Å². The van der Waals surface area contributed by atoms with Gasteiger partial charge >= 0.3 is 5.97 Å². The van der Waals surface area contributed by atoms with E-state index in [0.29, 0.717) is 10.0 Å². The molecule has 0 aromatic heterocycles. The summed E-state index contributed by atoms with van der Waals surface area (Å²) in [4.78, 5) is 14.3. The van der Waals surface area contributed by atoms with Gasteiger partial charge in [-0.05, 0) is 65.5 Å². The second-order valence-corrected chi connectivity index (χ2v) is 9.82. The SMILES string of the molecule is CCOC(=O)c1ccc(S(=O)(=O)N(C)Cc2ccccc2N2CCCC2)c(Br)c1. The minimum atomic E-state index is -3.75. The number of esters is 1. The first-order valence-corrected chi connectivity index (χ1v) is 11.8. The predicted molar refractivity (Wildman–Crippen MR) is 117 cm³/mol. The molecule has 0 radical (unpaired) electrons. The van der Waals surface area contributed by atoms with Crippen LogP contribution in [0.25, 0.3) is 0 Å². The highest BCUT2D eigenvalue weighted by molar-refractivity contribution is 9.10. The Morgan fingerprint density at radius 3 is 2.52 bits per heavy atom. The second kappa shape index (κ2) is 9.28. The third-order valence-corrected chi connectivity index (χ3v) is 7.74. The molecule has 1 aliphatic rings. The van der Waals surface area contributed by atoms with Crippen LogP contribution < -0.4 is 4.90 Å². The van der Waals surface area contributed by atoms with Crippen LogP contribution in [0.5, 0.6) is 0 Å². The minimum Gasteiger partial charge on any atom is -0.462 e. The highest BCUT2D eigenvalue weighted by Crippen LogP contribution is 2.29. The molecule has 1 saturated heterocycles. The molecule has 2 aromatic carbocycles. The number of para-hydroxylation sites is 1. The summed E-state index contributed by atoms with van der Waals surface area (Å²) in [6.07, 6.45) is 2.31. The monoisotopic (exact) mass is 480 g/mol. The number of carbonyl (C=O) groups is 1. The maximum absolute atomic E-state index is 13.2. The molecule has 0 amide bonds. The lowest BCUT2D eigenvalue weighted by atomic mass is 10.1. The van der Waals surface area contributed by atoms with Crippen LogP contribution in [-0.2, 0) is 21.3 Å². The van der Waals surface area contributed by atoms with Crippen molar-refractivity contribution in [1.82, 2.24) is 4.31 Å². The van der Waals surface area contributed by atoms with Crippen molar-refractivity contribution in [2.75, 3.05) is 31.6 Å². The molecule has 0 spiro atoms. The van der Waals surface area contributed by atoms with Crippen molar-refractivity contribution in [2.24, 2.45) is 0 Å². The molecule has 1 aliphatic heterocycles. The topological polar surface area (TPSA) is 66.9 Å². The van der Waals surface area contributed by atoms with Crippen LogP contribution in [0.15, 0.2) is 51.8 Å². The smallest absolute Gasteiger partial charge is 0.338 e. The molecule has 0 bridgehead atoms. The van der Waals surface area contributed by atoms with Crippen molar-refractivity contribution >= 4 is 37.6 Å². The number of rotatable bonds is 7. The zero-order valence-corrected chi connectivity index (χ0v) is 19.0. The predicted octanol–water partition coefficient (Wildman–Crippen LogP) is 4.05. The number of carbonyl (C=O) groups excluding carboxylic acids is 1. The Morgan fingerprint density at radius 2 is 1.86 bits per heavy atom. The zero-order chi connectivity index (χ0) is 21.0. The Labute approximate surface area is 180 Å². The summed E-state index contributed by atoms with van der Waals surface area (Å²) in [5.74, 6) is -0.481. The van der Waals surface area contributed by atoms with Gasteiger partial charge in [0, 0.05) is 36.8 Å². The molecule has 3 rings (SSSR count). The van der Waals surface area contributed by atoms with Crippen LogP contribution >= 0.6 is 15.9 Å². The van der Waals surface area contributed by atoms with Crippen LogP contribution in [-0.4, -0.2) is 45.4 Å². The summed E-state index contributed by atoms with van der Waals surface area (Å²) >= 11 is 3.30. The van der Waals surface area contributed by atoms with Gasteiger partial charge in [-0.1, -0.05) is 18.2 Å². The van der Waals surface area contributed by atoms with E-state index in [1.807, 2.05) is 24.3 Å². The van der Waals surface area contributed by atoms with Crippen molar-refractivity contribution < 1.29 is 17.9 Å². The fourth-order valence-corrected chi connectivity index (χ4v) is 5.64. The first-order valence-electron chi connectivity index (χ1n) is 9.60. The Kier molecular flexibility index (Phi) is 6.97. The maximum Gasteiger partial charge on any atom is 0.338 e. The molecule has 0 atom stereocenters. The van der Waals surface area contributed by atoms with Crippen LogP contribution in [0.2, 0.25) is 0 Å². The van der Waals surface area contributed by atoms with Crippen LogP contribution in [0, 0.1) is 0 Å². The van der Waals surface area contributed by atoms with Crippen molar-refractivity contribution in [3.63, 3.8) is 0 Å². The molecule has 1 heterocycles. The summed E-state index contributed by atoms with van der Waals surface area (Å²) in [5.41, 5.74) is 2.36. The van der Waals surface area contributed by atoms with Gasteiger partial charge in [-0.2, -0.15) is 4.31 Å². The van der Waals surface area contributed by atoms with Crippen molar-refractivity contribution in [3.8, 4) is 0 Å². The molecule has 2 aromatic rings. The standard InChI is InChI=1S/C21H25BrN2O4S/c1-3-28-21(25)16-10-11-20(18(22)14-16)29(26,27)23(2)15-17-8-4-5-9-19(17)24-12-6-7-13-24/h4-5,8-11,14H,3,6-7,12-13,15H2,1-2H3. The van der Waals surface area contributed by atoms with E-state index in [4.69, 9.17) is 4.74 Å². The highest BCUT2D eigenvalue weighted by atomic mass is 79.9. The Hall–Kier alpha value is -1.90. The third kappa shape index (κ3) is 4.82. The second-order valence-electron chi connectivity index (χ2n) is 6.95. The zero-order valence-electron chi connectivity index (χ0n) is 16.6. The van der Waals surface area contributed by atoms with Gasteiger partial charge in [-0.15, -0.1) is 0 Å². The molecule has 0 saturated carbocycles. The average Bonchev–Trinajstić information content (AvgIpc) is 3.23. The van der Waals surface area contributed by atoms with Gasteiger partial charge in [0.15, 0.2) is 0 Å². The fraction of sp³-hybridized carbons (Fsp3) is 0.381. The lowest BCUT2D eigenvalue weighted by molar-refractivity contribution is 0.0526. The number of nitrogens with zero attached hydrogens (tertiary/aromatic N) is 2. The Balaban J connectivity index is 1.84. The van der Waals surface area contributed by atoms with Crippen LogP contribution in [0.3, 0.4) is 0 Å². The number of halogens is 1. The Morgan fingerprint density at radius 1 is 1.17 bits per heavy atom. The highest BCUT2D eigenvalue weighted by Gasteiger charge is 2.26. The van der Waals surface area contributed by atoms with E-state index in [-0.39, 0.29) is 18.0 Å². The van der Waals surface area contributed by atoms with E-state index >= 15 is 0 Å². The summed E-state index contributed by atoms with van der Waals surface area (Å²) in [6.45, 7) is 4.24. The van der Waals surface area contributed by atoms with E-state index in [1.54, 1.807) is 14.0 Å². The number of ether oxygens (including phenoxy) is 1. The normalized spacial score (nSPS) is 14.4. The molecule has 0 N–H and O–H groups in total. The van der Waals surface area contributed by atoms with Gasteiger partial charge in [-0.3, -0.25) is 0 Å². The van der Waals surface area contributed by atoms with Gasteiger partial charge in [0.05, 0.1) is 17.1 Å². The van der Waals surface area contributed by atoms with Gasteiger partial charge in [0.1, 0.15) is 0 Å². The molecule has 1 fully saturated rings. The van der Waals surface area contributed by atoms with Crippen molar-refractivity contribution in [2.45, 2.75) is 31.2 Å². The molecular formula is C21H25BrN2O4S. The third-order valence-electron chi connectivity index (χ3n) is 4.96. The van der Waals surface area contributed by atoms with Gasteiger partial charge in [0.2, 0.25) is 10.0 Å². The van der Waals surface area contributed by atoms with Gasteiger partial charge < -0.3 is 9.64 Å². The van der Waals surface area contributed by atoms with Crippen molar-refractivity contribution in [1.29, 1.82) is 0 Å². The summed E-state index contributed by atoms with van der Waals surface area (Å²) in [6, 6.07) is 12.3. The molecule has 156 valence electrons. The fourth-order valence-electron chi connectivity index (χ4n) is 3.46. The van der Waals surface area contributed by atoms with E-state index in [0.717, 1.165) is 37.2 Å². The molecule has 29 heavy (non-hydrogen) atoms. The first kappa shape index (κ1) is 21.8. The number of hydrogen-bond acceptors (Lipinski definition) is 5. The minimum absolute atomic E-state index is 0.117. The maximum atomic E-state index is 13.2. The molecule has 0 unspecified atom stereocenters. The number of hydrogen-bond donors (Lipinski definition) is 0. The summed E-state index contributed by atoms with van der Waals surface area (Å²) < 4.78 is 33.0. The largest absolute Gasteiger partial charge is 0.462 e.